The molecule has 5 heteroatoms. The van der Waals surface area contributed by atoms with E-state index in [1.165, 1.54) is 11.0 Å². The summed E-state index contributed by atoms with van der Waals surface area (Å²) in [4.78, 5) is 13.7. The number of halogens is 2. The van der Waals surface area contributed by atoms with Crippen molar-refractivity contribution in [3.05, 3.63) is 60.2 Å². The van der Waals surface area contributed by atoms with Crippen molar-refractivity contribution in [2.75, 3.05) is 18.1 Å². The Labute approximate surface area is 134 Å². The summed E-state index contributed by atoms with van der Waals surface area (Å²) in [6, 6.07) is 12.8. The number of carbonyl (C=O) groups excluding carboxylic acids is 1. The number of carbonyl (C=O) groups is 1. The predicted molar refractivity (Wildman–Crippen MR) is 85.6 cm³/mol. The molecule has 0 heterocycles. The standard InChI is InChI=1S/C18H19F2NO2/c1-2-21(14-10-11-16(19)17(20)13-14)18(22)9-6-12-23-15-7-4-3-5-8-15/h3-5,7-8,10-11,13H,2,6,9,12H2,1H3. The molecule has 0 aliphatic carbocycles. The van der Waals surface area contributed by atoms with Crippen LogP contribution in [-0.2, 0) is 4.79 Å². The number of hydrogen-bond acceptors (Lipinski definition) is 2. The summed E-state index contributed by atoms with van der Waals surface area (Å²) in [5.74, 6) is -1.27. The van der Waals surface area contributed by atoms with Crippen molar-refractivity contribution in [1.29, 1.82) is 0 Å². The second-order valence-corrected chi connectivity index (χ2v) is 5.00. The molecule has 23 heavy (non-hydrogen) atoms. The topological polar surface area (TPSA) is 29.5 Å². The fourth-order valence-corrected chi connectivity index (χ4v) is 2.22. The minimum absolute atomic E-state index is 0.143. The third kappa shape index (κ3) is 4.77. The normalized spacial score (nSPS) is 10.4. The SMILES string of the molecule is CCN(C(=O)CCCOc1ccccc1)c1ccc(F)c(F)c1. The highest BCUT2D eigenvalue weighted by Gasteiger charge is 2.15. The number of nitrogens with zero attached hydrogens (tertiary/aromatic N) is 1. The molecule has 122 valence electrons. The average molecular weight is 319 g/mol. The van der Waals surface area contributed by atoms with Crippen molar-refractivity contribution in [2.24, 2.45) is 0 Å². The fraction of sp³-hybridized carbons (Fsp3) is 0.278. The minimum Gasteiger partial charge on any atom is -0.494 e. The largest absolute Gasteiger partial charge is 0.494 e. The Hall–Kier alpha value is -2.43. The van der Waals surface area contributed by atoms with Crippen LogP contribution in [0.1, 0.15) is 19.8 Å². The second kappa shape index (κ2) is 8.27. The zero-order valence-corrected chi connectivity index (χ0v) is 13.0. The van der Waals surface area contributed by atoms with Crippen molar-refractivity contribution < 1.29 is 18.3 Å². The van der Waals surface area contributed by atoms with Crippen LogP contribution in [0.4, 0.5) is 14.5 Å². The molecule has 0 atom stereocenters. The van der Waals surface area contributed by atoms with Gasteiger partial charge in [0.2, 0.25) is 5.91 Å². The fourth-order valence-electron chi connectivity index (χ4n) is 2.22. The Morgan fingerprint density at radius 3 is 2.48 bits per heavy atom. The number of para-hydroxylation sites is 1. The second-order valence-electron chi connectivity index (χ2n) is 5.00. The summed E-state index contributed by atoms with van der Waals surface area (Å²) >= 11 is 0. The molecule has 2 aromatic carbocycles. The van der Waals surface area contributed by atoms with E-state index in [1.54, 1.807) is 6.92 Å². The van der Waals surface area contributed by atoms with E-state index >= 15 is 0 Å². The molecular formula is C18H19F2NO2. The average Bonchev–Trinajstić information content (AvgIpc) is 2.56. The monoisotopic (exact) mass is 319 g/mol. The molecular weight excluding hydrogens is 300 g/mol. The first-order valence-corrected chi connectivity index (χ1v) is 7.55. The molecule has 0 bridgehead atoms. The summed E-state index contributed by atoms with van der Waals surface area (Å²) < 4.78 is 31.8. The number of anilines is 1. The van der Waals surface area contributed by atoms with Crippen LogP contribution in [0.3, 0.4) is 0 Å². The van der Waals surface area contributed by atoms with Crippen LogP contribution >= 0.6 is 0 Å². The molecule has 1 amide bonds. The molecule has 0 saturated heterocycles. The van der Waals surface area contributed by atoms with Crippen molar-refractivity contribution in [3.8, 4) is 5.75 Å². The van der Waals surface area contributed by atoms with Gasteiger partial charge in [0.1, 0.15) is 5.75 Å². The third-order valence-corrected chi connectivity index (χ3v) is 3.38. The summed E-state index contributed by atoms with van der Waals surface area (Å²) in [7, 11) is 0. The molecule has 0 fully saturated rings. The van der Waals surface area contributed by atoms with Crippen LogP contribution in [0.15, 0.2) is 48.5 Å². The van der Waals surface area contributed by atoms with Gasteiger partial charge in [-0.2, -0.15) is 0 Å². The summed E-state index contributed by atoms with van der Waals surface area (Å²) in [6.45, 7) is 2.61. The van der Waals surface area contributed by atoms with Gasteiger partial charge in [-0.1, -0.05) is 18.2 Å². The van der Waals surface area contributed by atoms with Gasteiger partial charge >= 0.3 is 0 Å². The lowest BCUT2D eigenvalue weighted by molar-refractivity contribution is -0.118. The van der Waals surface area contributed by atoms with Gasteiger partial charge in [-0.3, -0.25) is 4.79 Å². The van der Waals surface area contributed by atoms with Gasteiger partial charge in [-0.05, 0) is 37.6 Å². The van der Waals surface area contributed by atoms with E-state index in [1.807, 2.05) is 30.3 Å². The van der Waals surface area contributed by atoms with Crippen LogP contribution in [-0.4, -0.2) is 19.1 Å². The lowest BCUT2D eigenvalue weighted by atomic mass is 10.2. The summed E-state index contributed by atoms with van der Waals surface area (Å²) in [5.41, 5.74) is 0.361. The van der Waals surface area contributed by atoms with Crippen LogP contribution in [0.5, 0.6) is 5.75 Å². The Bertz CT molecular complexity index is 647. The van der Waals surface area contributed by atoms with Crippen molar-refractivity contribution in [3.63, 3.8) is 0 Å². The van der Waals surface area contributed by atoms with Gasteiger partial charge in [0, 0.05) is 24.7 Å². The highest BCUT2D eigenvalue weighted by atomic mass is 19.2. The van der Waals surface area contributed by atoms with Crippen LogP contribution in [0.2, 0.25) is 0 Å². The number of benzene rings is 2. The number of ether oxygens (including phenoxy) is 1. The van der Waals surface area contributed by atoms with Crippen LogP contribution < -0.4 is 9.64 Å². The first-order chi connectivity index (χ1) is 11.1. The first kappa shape index (κ1) is 16.9. The van der Waals surface area contributed by atoms with Gasteiger partial charge in [-0.15, -0.1) is 0 Å². The van der Waals surface area contributed by atoms with E-state index in [-0.39, 0.29) is 12.3 Å². The van der Waals surface area contributed by atoms with E-state index in [4.69, 9.17) is 4.74 Å². The lowest BCUT2D eigenvalue weighted by Crippen LogP contribution is -2.30. The third-order valence-electron chi connectivity index (χ3n) is 3.38. The zero-order valence-electron chi connectivity index (χ0n) is 13.0. The molecule has 0 spiro atoms. The van der Waals surface area contributed by atoms with Gasteiger partial charge < -0.3 is 9.64 Å². The summed E-state index contributed by atoms with van der Waals surface area (Å²) in [6.07, 6.45) is 0.827. The van der Waals surface area contributed by atoms with E-state index in [2.05, 4.69) is 0 Å². The Balaban J connectivity index is 1.86. The van der Waals surface area contributed by atoms with Gasteiger partial charge in [0.05, 0.1) is 6.61 Å². The molecule has 0 unspecified atom stereocenters. The van der Waals surface area contributed by atoms with Gasteiger partial charge in [0.25, 0.3) is 0 Å². The Morgan fingerprint density at radius 2 is 1.83 bits per heavy atom. The van der Waals surface area contributed by atoms with Crippen molar-refractivity contribution in [2.45, 2.75) is 19.8 Å². The maximum absolute atomic E-state index is 13.3. The molecule has 0 saturated carbocycles. The van der Waals surface area contributed by atoms with Crippen molar-refractivity contribution in [1.82, 2.24) is 0 Å². The Kier molecular flexibility index (Phi) is 6.09. The molecule has 0 N–H and O–H groups in total. The molecule has 2 aromatic rings. The van der Waals surface area contributed by atoms with Gasteiger partial charge in [0.15, 0.2) is 11.6 Å². The van der Waals surface area contributed by atoms with E-state index < -0.39 is 11.6 Å². The van der Waals surface area contributed by atoms with Gasteiger partial charge in [-0.25, -0.2) is 8.78 Å². The highest BCUT2D eigenvalue weighted by molar-refractivity contribution is 5.93. The Morgan fingerprint density at radius 1 is 1.09 bits per heavy atom. The molecule has 0 aromatic heterocycles. The zero-order chi connectivity index (χ0) is 16.7. The maximum Gasteiger partial charge on any atom is 0.227 e. The highest BCUT2D eigenvalue weighted by Crippen LogP contribution is 2.19. The van der Waals surface area contributed by atoms with E-state index in [0.29, 0.717) is 25.3 Å². The van der Waals surface area contributed by atoms with E-state index in [9.17, 15) is 13.6 Å². The summed E-state index contributed by atoms with van der Waals surface area (Å²) in [5, 5.41) is 0. The van der Waals surface area contributed by atoms with Crippen LogP contribution in [0.25, 0.3) is 0 Å². The molecule has 0 radical (unpaired) electrons. The number of rotatable bonds is 7. The lowest BCUT2D eigenvalue weighted by Gasteiger charge is -2.21. The quantitative estimate of drug-likeness (QED) is 0.717. The number of hydrogen-bond donors (Lipinski definition) is 0. The molecule has 0 aliphatic rings. The van der Waals surface area contributed by atoms with Crippen LogP contribution in [0, 0.1) is 11.6 Å². The van der Waals surface area contributed by atoms with Crippen molar-refractivity contribution >= 4 is 11.6 Å². The molecule has 0 aliphatic heterocycles. The first-order valence-electron chi connectivity index (χ1n) is 7.55. The molecule has 2 rings (SSSR count). The molecule has 3 nitrogen and oxygen atoms in total. The smallest absolute Gasteiger partial charge is 0.227 e. The minimum atomic E-state index is -0.957. The maximum atomic E-state index is 13.3. The number of amides is 1. The van der Waals surface area contributed by atoms with E-state index in [0.717, 1.165) is 17.9 Å². The predicted octanol–water partition coefficient (Wildman–Crippen LogP) is 4.18.